The minimum absolute atomic E-state index is 0.159. The number of hydrogen-bond acceptors (Lipinski definition) is 3. The maximum absolute atomic E-state index is 7.58. The van der Waals surface area contributed by atoms with Gasteiger partial charge in [0.05, 0.1) is 0 Å². The molecule has 0 saturated carbocycles. The summed E-state index contributed by atoms with van der Waals surface area (Å²) in [6.45, 7) is 6.83. The Labute approximate surface area is 121 Å². The van der Waals surface area contributed by atoms with Crippen LogP contribution in [0.5, 0.6) is 0 Å². The summed E-state index contributed by atoms with van der Waals surface area (Å²) in [5.41, 5.74) is 8.83. The van der Waals surface area contributed by atoms with Crippen LogP contribution in [0.3, 0.4) is 0 Å². The largest absolute Gasteiger partial charge is 0.384 e. The highest BCUT2D eigenvalue weighted by molar-refractivity contribution is 5.96. The van der Waals surface area contributed by atoms with Gasteiger partial charge in [0.15, 0.2) is 0 Å². The summed E-state index contributed by atoms with van der Waals surface area (Å²) in [7, 11) is 0. The summed E-state index contributed by atoms with van der Waals surface area (Å²) in [5, 5.41) is 7.58. The summed E-state index contributed by atoms with van der Waals surface area (Å²) >= 11 is 0. The Bertz CT molecular complexity index is 511. The lowest BCUT2D eigenvalue weighted by atomic mass is 10.1. The zero-order valence-electron chi connectivity index (χ0n) is 12.2. The van der Waals surface area contributed by atoms with Crippen LogP contribution < -0.4 is 10.6 Å². The van der Waals surface area contributed by atoms with E-state index in [1.165, 1.54) is 38.0 Å². The van der Waals surface area contributed by atoms with Crippen LogP contribution in [-0.2, 0) is 0 Å². The molecule has 0 radical (unpaired) electrons. The van der Waals surface area contributed by atoms with Crippen molar-refractivity contribution >= 4 is 11.5 Å². The molecule has 0 aliphatic carbocycles. The molecule has 2 fully saturated rings. The molecule has 108 valence electrons. The number of nitrogens with zero attached hydrogens (tertiary/aromatic N) is 2. The fourth-order valence-corrected chi connectivity index (χ4v) is 3.59. The molecule has 2 heterocycles. The molecule has 1 aromatic carbocycles. The van der Waals surface area contributed by atoms with Gasteiger partial charge in [0.1, 0.15) is 5.84 Å². The van der Waals surface area contributed by atoms with E-state index in [9.17, 15) is 0 Å². The van der Waals surface area contributed by atoms with Crippen molar-refractivity contribution in [1.29, 1.82) is 5.41 Å². The average Bonchev–Trinajstić information content (AvgIpc) is 2.75. The van der Waals surface area contributed by atoms with Crippen LogP contribution in [0.1, 0.15) is 30.4 Å². The summed E-state index contributed by atoms with van der Waals surface area (Å²) in [5.74, 6) is 0.159. The lowest BCUT2D eigenvalue weighted by Gasteiger charge is -2.27. The van der Waals surface area contributed by atoms with Crippen LogP contribution in [0.4, 0.5) is 5.69 Å². The molecule has 2 aliphatic heterocycles. The van der Waals surface area contributed by atoms with Gasteiger partial charge in [-0.3, -0.25) is 10.3 Å². The van der Waals surface area contributed by atoms with Crippen LogP contribution in [0.25, 0.3) is 0 Å². The molecule has 4 nitrogen and oxygen atoms in total. The molecule has 1 atom stereocenters. The van der Waals surface area contributed by atoms with Gasteiger partial charge in [0, 0.05) is 36.9 Å². The molecule has 0 aromatic heterocycles. The molecule has 2 saturated heterocycles. The van der Waals surface area contributed by atoms with E-state index >= 15 is 0 Å². The number of nitrogens with one attached hydrogen (secondary N) is 1. The number of amidine groups is 1. The van der Waals surface area contributed by atoms with Crippen molar-refractivity contribution in [3.05, 3.63) is 29.3 Å². The van der Waals surface area contributed by atoms with Crippen molar-refractivity contribution in [1.82, 2.24) is 4.90 Å². The second kappa shape index (κ2) is 5.44. The average molecular weight is 272 g/mol. The first kappa shape index (κ1) is 13.4. The monoisotopic (exact) mass is 272 g/mol. The number of anilines is 1. The van der Waals surface area contributed by atoms with Crippen LogP contribution in [-0.4, -0.2) is 43.0 Å². The Hall–Kier alpha value is -1.55. The fourth-order valence-electron chi connectivity index (χ4n) is 3.59. The van der Waals surface area contributed by atoms with Gasteiger partial charge >= 0.3 is 0 Å². The maximum atomic E-state index is 7.58. The van der Waals surface area contributed by atoms with E-state index in [4.69, 9.17) is 11.1 Å². The van der Waals surface area contributed by atoms with Gasteiger partial charge in [-0.15, -0.1) is 0 Å². The second-order valence-corrected chi connectivity index (χ2v) is 6.04. The highest BCUT2D eigenvalue weighted by atomic mass is 15.3. The Morgan fingerprint density at radius 2 is 2.05 bits per heavy atom. The molecule has 4 heteroatoms. The van der Waals surface area contributed by atoms with Crippen molar-refractivity contribution in [2.75, 3.05) is 31.1 Å². The van der Waals surface area contributed by atoms with Crippen molar-refractivity contribution in [2.45, 2.75) is 32.2 Å². The molecule has 0 bridgehead atoms. The molecular weight excluding hydrogens is 248 g/mol. The molecule has 1 aromatic rings. The Morgan fingerprint density at radius 1 is 1.25 bits per heavy atom. The topological polar surface area (TPSA) is 56.4 Å². The van der Waals surface area contributed by atoms with E-state index in [2.05, 4.69) is 21.9 Å². The van der Waals surface area contributed by atoms with E-state index < -0.39 is 0 Å². The third-order valence-electron chi connectivity index (χ3n) is 4.67. The summed E-state index contributed by atoms with van der Waals surface area (Å²) < 4.78 is 0. The summed E-state index contributed by atoms with van der Waals surface area (Å²) in [6.07, 6.45) is 3.92. The lowest BCUT2D eigenvalue weighted by molar-refractivity contribution is 0.273. The minimum Gasteiger partial charge on any atom is -0.384 e. The normalized spacial score (nSPS) is 23.4. The number of nitrogens with two attached hydrogens (primary N) is 1. The predicted molar refractivity (Wildman–Crippen MR) is 83.6 cm³/mol. The van der Waals surface area contributed by atoms with Gasteiger partial charge in [-0.2, -0.15) is 0 Å². The molecule has 3 N–H and O–H groups in total. The Balaban J connectivity index is 1.81. The van der Waals surface area contributed by atoms with E-state index in [1.807, 2.05) is 13.0 Å². The molecular formula is C16H24N4. The number of hydrogen-bond donors (Lipinski definition) is 2. The molecule has 2 aliphatic rings. The zero-order valence-corrected chi connectivity index (χ0v) is 12.2. The SMILES string of the molecule is Cc1cc(N2CCCN3CCCC3C2)ccc1C(=N)N. The van der Waals surface area contributed by atoms with E-state index in [0.717, 1.165) is 30.3 Å². The molecule has 1 unspecified atom stereocenters. The van der Waals surface area contributed by atoms with Crippen molar-refractivity contribution in [3.63, 3.8) is 0 Å². The minimum atomic E-state index is 0.159. The highest BCUT2D eigenvalue weighted by Crippen LogP contribution is 2.26. The number of aryl methyl sites for hydroxylation is 1. The lowest BCUT2D eigenvalue weighted by Crippen LogP contribution is -2.36. The smallest absolute Gasteiger partial charge is 0.123 e. The van der Waals surface area contributed by atoms with Crippen LogP contribution >= 0.6 is 0 Å². The van der Waals surface area contributed by atoms with Gasteiger partial charge in [0.2, 0.25) is 0 Å². The van der Waals surface area contributed by atoms with Crippen LogP contribution in [0.15, 0.2) is 18.2 Å². The van der Waals surface area contributed by atoms with Gasteiger partial charge in [-0.25, -0.2) is 0 Å². The Kier molecular flexibility index (Phi) is 3.66. The third-order valence-corrected chi connectivity index (χ3v) is 4.67. The third kappa shape index (κ3) is 2.52. The summed E-state index contributed by atoms with van der Waals surface area (Å²) in [4.78, 5) is 5.16. The number of nitrogen functional groups attached to an aromatic ring is 1. The standard InChI is InChI=1S/C16H24N4/c1-12-10-13(5-6-15(12)16(17)18)20-9-3-8-19-7-2-4-14(19)11-20/h5-6,10,14H,2-4,7-9,11H2,1H3,(H3,17,18). The van der Waals surface area contributed by atoms with E-state index in [-0.39, 0.29) is 5.84 Å². The van der Waals surface area contributed by atoms with Gasteiger partial charge < -0.3 is 10.6 Å². The van der Waals surface area contributed by atoms with Gasteiger partial charge in [-0.1, -0.05) is 0 Å². The van der Waals surface area contributed by atoms with Crippen molar-refractivity contribution in [3.8, 4) is 0 Å². The van der Waals surface area contributed by atoms with Crippen LogP contribution in [0, 0.1) is 12.3 Å². The number of rotatable bonds is 2. The maximum Gasteiger partial charge on any atom is 0.123 e. The summed E-state index contributed by atoms with van der Waals surface area (Å²) in [6, 6.07) is 7.02. The fraction of sp³-hybridized carbons (Fsp3) is 0.562. The first-order valence-electron chi connectivity index (χ1n) is 7.59. The van der Waals surface area contributed by atoms with E-state index in [0.29, 0.717) is 0 Å². The number of fused-ring (bicyclic) bond motifs is 1. The molecule has 0 spiro atoms. The molecule has 3 rings (SSSR count). The van der Waals surface area contributed by atoms with Crippen molar-refractivity contribution in [2.24, 2.45) is 5.73 Å². The Morgan fingerprint density at radius 3 is 2.80 bits per heavy atom. The molecule has 0 amide bonds. The molecule has 20 heavy (non-hydrogen) atoms. The first-order chi connectivity index (χ1) is 9.65. The number of benzene rings is 1. The first-order valence-corrected chi connectivity index (χ1v) is 7.59. The second-order valence-electron chi connectivity index (χ2n) is 6.04. The quantitative estimate of drug-likeness (QED) is 0.639. The predicted octanol–water partition coefficient (Wildman–Crippen LogP) is 1.95. The van der Waals surface area contributed by atoms with Crippen molar-refractivity contribution < 1.29 is 0 Å². The highest BCUT2D eigenvalue weighted by Gasteiger charge is 2.28. The van der Waals surface area contributed by atoms with Crippen LogP contribution in [0.2, 0.25) is 0 Å². The van der Waals surface area contributed by atoms with Gasteiger partial charge in [0.25, 0.3) is 0 Å². The van der Waals surface area contributed by atoms with E-state index in [1.54, 1.807) is 0 Å². The van der Waals surface area contributed by atoms with Gasteiger partial charge in [-0.05, 0) is 56.5 Å². The zero-order chi connectivity index (χ0) is 14.1.